The summed E-state index contributed by atoms with van der Waals surface area (Å²) in [6, 6.07) is 8.29. The standard InChI is InChI=1S/C16H11FN2O5S/c17-9-1-3-10(4-2-9)18-15(20)7-25-16(18)11-5-13-14(24-8-23-13)6-12(11)19(21)22/h1-6,16H,7-8H2. The van der Waals surface area contributed by atoms with Gasteiger partial charge < -0.3 is 9.47 Å². The van der Waals surface area contributed by atoms with Crippen molar-refractivity contribution >= 4 is 29.0 Å². The first-order valence-corrected chi connectivity index (χ1v) is 8.36. The quantitative estimate of drug-likeness (QED) is 0.616. The van der Waals surface area contributed by atoms with Crippen LogP contribution < -0.4 is 14.4 Å². The molecule has 9 heteroatoms. The summed E-state index contributed by atoms with van der Waals surface area (Å²) in [6.07, 6.45) is 0. The van der Waals surface area contributed by atoms with E-state index in [0.717, 1.165) is 0 Å². The van der Waals surface area contributed by atoms with E-state index in [9.17, 15) is 19.3 Å². The Bertz CT molecular complexity index is 874. The Morgan fingerprint density at radius 2 is 1.88 bits per heavy atom. The summed E-state index contributed by atoms with van der Waals surface area (Å²) < 4.78 is 23.7. The molecule has 0 bridgehead atoms. The number of carbonyl (C=O) groups is 1. The molecule has 0 N–H and O–H groups in total. The molecule has 2 aliphatic heterocycles. The first-order valence-electron chi connectivity index (χ1n) is 7.32. The highest BCUT2D eigenvalue weighted by Crippen LogP contribution is 2.48. The molecule has 1 unspecified atom stereocenters. The van der Waals surface area contributed by atoms with E-state index < -0.39 is 16.1 Å². The molecule has 0 aromatic heterocycles. The minimum absolute atomic E-state index is 0.00560. The smallest absolute Gasteiger partial charge is 0.279 e. The minimum Gasteiger partial charge on any atom is -0.454 e. The molecule has 1 atom stereocenters. The fraction of sp³-hybridized carbons (Fsp3) is 0.188. The molecule has 0 radical (unpaired) electrons. The van der Waals surface area contributed by atoms with Crippen molar-refractivity contribution in [1.82, 2.24) is 0 Å². The molecular weight excluding hydrogens is 351 g/mol. The van der Waals surface area contributed by atoms with Gasteiger partial charge in [0.15, 0.2) is 11.5 Å². The summed E-state index contributed by atoms with van der Waals surface area (Å²) in [6.45, 7) is -0.00560. The molecule has 0 spiro atoms. The molecule has 2 heterocycles. The average molecular weight is 362 g/mol. The van der Waals surface area contributed by atoms with E-state index >= 15 is 0 Å². The van der Waals surface area contributed by atoms with Gasteiger partial charge in [0.1, 0.15) is 11.2 Å². The number of carbonyl (C=O) groups excluding carboxylic acids is 1. The first kappa shape index (κ1) is 15.7. The van der Waals surface area contributed by atoms with Gasteiger partial charge in [-0.2, -0.15) is 0 Å². The predicted molar refractivity (Wildman–Crippen MR) is 88.3 cm³/mol. The van der Waals surface area contributed by atoms with Crippen molar-refractivity contribution in [2.45, 2.75) is 5.37 Å². The lowest BCUT2D eigenvalue weighted by atomic mass is 10.1. The van der Waals surface area contributed by atoms with Gasteiger partial charge in [-0.3, -0.25) is 19.8 Å². The molecule has 0 aliphatic carbocycles. The molecule has 1 amide bonds. The Balaban J connectivity index is 1.81. The third-order valence-corrected chi connectivity index (χ3v) is 5.15. The zero-order valence-corrected chi connectivity index (χ0v) is 13.5. The van der Waals surface area contributed by atoms with Crippen LogP contribution in [-0.4, -0.2) is 23.4 Å². The molecular formula is C16H11FN2O5S. The van der Waals surface area contributed by atoms with Crippen molar-refractivity contribution in [3.05, 3.63) is 57.9 Å². The number of hydrogen-bond acceptors (Lipinski definition) is 6. The summed E-state index contributed by atoms with van der Waals surface area (Å²) in [5.74, 6) is 0.258. The monoisotopic (exact) mass is 362 g/mol. The van der Waals surface area contributed by atoms with Gasteiger partial charge in [-0.05, 0) is 30.3 Å². The van der Waals surface area contributed by atoms with E-state index in [-0.39, 0.29) is 24.1 Å². The predicted octanol–water partition coefficient (Wildman–Crippen LogP) is 3.24. The second-order valence-corrected chi connectivity index (χ2v) is 6.49. The Labute approximate surface area is 145 Å². The number of nitro groups is 1. The fourth-order valence-electron chi connectivity index (χ4n) is 2.84. The lowest BCUT2D eigenvalue weighted by Crippen LogP contribution is -2.28. The summed E-state index contributed by atoms with van der Waals surface area (Å²) in [5.41, 5.74) is 0.673. The van der Waals surface area contributed by atoms with Crippen LogP contribution in [0.2, 0.25) is 0 Å². The van der Waals surface area contributed by atoms with Gasteiger partial charge in [-0.25, -0.2) is 4.39 Å². The molecule has 1 fully saturated rings. The number of nitro benzene ring substituents is 1. The van der Waals surface area contributed by atoms with Gasteiger partial charge in [-0.1, -0.05) is 0 Å². The number of fused-ring (bicyclic) bond motifs is 1. The minimum atomic E-state index is -0.604. The topological polar surface area (TPSA) is 81.9 Å². The van der Waals surface area contributed by atoms with Gasteiger partial charge in [0.2, 0.25) is 12.7 Å². The number of halogens is 1. The van der Waals surface area contributed by atoms with Crippen LogP contribution in [0.1, 0.15) is 10.9 Å². The molecule has 1 saturated heterocycles. The highest BCUT2D eigenvalue weighted by molar-refractivity contribution is 8.00. The molecule has 128 valence electrons. The van der Waals surface area contributed by atoms with E-state index in [0.29, 0.717) is 22.7 Å². The second kappa shape index (κ2) is 5.92. The van der Waals surface area contributed by atoms with Crippen LogP contribution in [0.25, 0.3) is 0 Å². The van der Waals surface area contributed by atoms with Gasteiger partial charge in [-0.15, -0.1) is 11.8 Å². The zero-order valence-electron chi connectivity index (χ0n) is 12.7. The normalized spacial score (nSPS) is 18.7. The van der Waals surface area contributed by atoms with Crippen molar-refractivity contribution < 1.29 is 23.6 Å². The van der Waals surface area contributed by atoms with E-state index in [2.05, 4.69) is 0 Å². The summed E-state index contributed by atoms with van der Waals surface area (Å²) in [4.78, 5) is 24.8. The molecule has 7 nitrogen and oxygen atoms in total. The van der Waals surface area contributed by atoms with Crippen LogP contribution in [0.4, 0.5) is 15.8 Å². The van der Waals surface area contributed by atoms with Crippen molar-refractivity contribution in [2.24, 2.45) is 0 Å². The first-order chi connectivity index (χ1) is 12.0. The van der Waals surface area contributed by atoms with Crippen molar-refractivity contribution in [2.75, 3.05) is 17.4 Å². The van der Waals surface area contributed by atoms with E-state index in [1.54, 1.807) is 0 Å². The molecule has 2 aromatic rings. The SMILES string of the molecule is O=C1CSC(c2cc3c(cc2[N+](=O)[O-])OCO3)N1c1ccc(F)cc1. The summed E-state index contributed by atoms with van der Waals surface area (Å²) in [7, 11) is 0. The maximum Gasteiger partial charge on any atom is 0.279 e. The van der Waals surface area contributed by atoms with Gasteiger partial charge in [0.25, 0.3) is 5.69 Å². The number of ether oxygens (including phenoxy) is 2. The van der Waals surface area contributed by atoms with Gasteiger partial charge in [0.05, 0.1) is 22.3 Å². The number of hydrogen-bond donors (Lipinski definition) is 0. The van der Waals surface area contributed by atoms with E-state index in [1.165, 1.54) is 53.1 Å². The maximum atomic E-state index is 13.2. The Morgan fingerprint density at radius 3 is 2.56 bits per heavy atom. The average Bonchev–Trinajstić information content (AvgIpc) is 3.20. The van der Waals surface area contributed by atoms with Crippen LogP contribution in [0, 0.1) is 15.9 Å². The lowest BCUT2D eigenvalue weighted by Gasteiger charge is -2.24. The lowest BCUT2D eigenvalue weighted by molar-refractivity contribution is -0.385. The Hall–Kier alpha value is -2.81. The zero-order chi connectivity index (χ0) is 17.6. The number of amides is 1. The molecule has 2 aliphatic rings. The molecule has 4 rings (SSSR count). The van der Waals surface area contributed by atoms with Gasteiger partial charge >= 0.3 is 0 Å². The van der Waals surface area contributed by atoms with Crippen LogP contribution in [-0.2, 0) is 4.79 Å². The van der Waals surface area contributed by atoms with Crippen LogP contribution >= 0.6 is 11.8 Å². The van der Waals surface area contributed by atoms with E-state index in [4.69, 9.17) is 9.47 Å². The highest BCUT2D eigenvalue weighted by atomic mass is 32.2. The number of nitrogens with zero attached hydrogens (tertiary/aromatic N) is 2. The third-order valence-electron chi connectivity index (χ3n) is 3.96. The van der Waals surface area contributed by atoms with Crippen molar-refractivity contribution in [3.63, 3.8) is 0 Å². The van der Waals surface area contributed by atoms with Crippen molar-refractivity contribution in [1.29, 1.82) is 0 Å². The number of rotatable bonds is 3. The largest absolute Gasteiger partial charge is 0.454 e. The number of anilines is 1. The van der Waals surface area contributed by atoms with Crippen LogP contribution in [0.5, 0.6) is 11.5 Å². The number of benzene rings is 2. The molecule has 25 heavy (non-hydrogen) atoms. The van der Waals surface area contributed by atoms with Crippen LogP contribution in [0.15, 0.2) is 36.4 Å². The third kappa shape index (κ3) is 2.66. The Morgan fingerprint density at radius 1 is 1.20 bits per heavy atom. The van der Waals surface area contributed by atoms with Crippen LogP contribution in [0.3, 0.4) is 0 Å². The maximum absolute atomic E-state index is 13.2. The number of thioether (sulfide) groups is 1. The molecule has 2 aromatic carbocycles. The van der Waals surface area contributed by atoms with E-state index in [1.807, 2.05) is 0 Å². The van der Waals surface area contributed by atoms with Gasteiger partial charge in [0, 0.05) is 5.69 Å². The fourth-order valence-corrected chi connectivity index (χ4v) is 4.03. The summed E-state index contributed by atoms with van der Waals surface area (Å²) >= 11 is 1.27. The molecule has 0 saturated carbocycles. The Kier molecular flexibility index (Phi) is 3.72. The van der Waals surface area contributed by atoms with Crippen molar-refractivity contribution in [3.8, 4) is 11.5 Å². The summed E-state index contributed by atoms with van der Waals surface area (Å²) in [5, 5.41) is 10.9. The second-order valence-electron chi connectivity index (χ2n) is 5.42. The highest BCUT2D eigenvalue weighted by Gasteiger charge is 2.39.